The predicted octanol–water partition coefficient (Wildman–Crippen LogP) is 5.20. The third-order valence-electron chi connectivity index (χ3n) is 2.90. The van der Waals surface area contributed by atoms with Crippen molar-refractivity contribution in [2.45, 2.75) is 13.1 Å². The number of benzene rings is 2. The molecule has 2 aromatic carbocycles. The van der Waals surface area contributed by atoms with E-state index in [9.17, 15) is 13.2 Å². The molecule has 0 bridgehead atoms. The summed E-state index contributed by atoms with van der Waals surface area (Å²) in [6, 6.07) is 10.2. The minimum absolute atomic E-state index is 0.0756. The third-order valence-corrected chi connectivity index (χ3v) is 3.23. The second kappa shape index (κ2) is 7.37. The van der Waals surface area contributed by atoms with Gasteiger partial charge in [0.1, 0.15) is 5.75 Å². The normalized spacial score (nSPS) is 11.7. The van der Waals surface area contributed by atoms with Gasteiger partial charge in [0.15, 0.2) is 0 Å². The number of hydrogen-bond acceptors (Lipinski definition) is 3. The average molecular weight is 343 g/mol. The molecular weight excluding hydrogens is 329 g/mol. The van der Waals surface area contributed by atoms with Gasteiger partial charge in [-0.15, -0.1) is 0 Å². The van der Waals surface area contributed by atoms with Gasteiger partial charge in [-0.1, -0.05) is 23.7 Å². The fourth-order valence-electron chi connectivity index (χ4n) is 1.83. The van der Waals surface area contributed by atoms with Gasteiger partial charge < -0.3 is 4.74 Å². The molecule has 0 heterocycles. The molecule has 122 valence electrons. The first-order chi connectivity index (χ1) is 10.9. The number of hydrazone groups is 1. The minimum atomic E-state index is -4.44. The summed E-state index contributed by atoms with van der Waals surface area (Å²) < 4.78 is 43.5. The number of nitrogens with zero attached hydrogens (tertiary/aromatic N) is 1. The van der Waals surface area contributed by atoms with E-state index in [1.165, 1.54) is 12.3 Å². The van der Waals surface area contributed by atoms with Crippen LogP contribution < -0.4 is 10.2 Å². The Kier molecular flexibility index (Phi) is 5.50. The molecule has 0 radical (unpaired) electrons. The highest BCUT2D eigenvalue weighted by atomic mass is 35.5. The Morgan fingerprint density at radius 3 is 2.65 bits per heavy atom. The number of hydrogen-bond donors (Lipinski definition) is 1. The van der Waals surface area contributed by atoms with E-state index in [-0.39, 0.29) is 10.7 Å². The van der Waals surface area contributed by atoms with Gasteiger partial charge in [-0.3, -0.25) is 5.43 Å². The van der Waals surface area contributed by atoms with Crippen molar-refractivity contribution in [1.82, 2.24) is 0 Å². The van der Waals surface area contributed by atoms with Crippen molar-refractivity contribution < 1.29 is 17.9 Å². The van der Waals surface area contributed by atoms with Gasteiger partial charge in [0.05, 0.1) is 29.1 Å². The molecule has 7 heteroatoms. The smallest absolute Gasteiger partial charge is 0.416 e. The molecule has 2 aromatic rings. The van der Waals surface area contributed by atoms with Crippen LogP contribution in [0.4, 0.5) is 18.9 Å². The number of para-hydroxylation sites is 1. The van der Waals surface area contributed by atoms with Crippen LogP contribution in [0.1, 0.15) is 18.1 Å². The van der Waals surface area contributed by atoms with E-state index in [0.29, 0.717) is 17.9 Å². The van der Waals surface area contributed by atoms with Crippen LogP contribution in [-0.4, -0.2) is 12.8 Å². The Labute approximate surface area is 136 Å². The number of nitrogens with one attached hydrogen (secondary N) is 1. The van der Waals surface area contributed by atoms with Crippen molar-refractivity contribution >= 4 is 23.5 Å². The van der Waals surface area contributed by atoms with Crippen LogP contribution in [0, 0.1) is 0 Å². The molecule has 0 saturated heterocycles. The Balaban J connectivity index is 2.18. The lowest BCUT2D eigenvalue weighted by molar-refractivity contribution is -0.137. The predicted molar refractivity (Wildman–Crippen MR) is 85.3 cm³/mol. The van der Waals surface area contributed by atoms with Crippen molar-refractivity contribution in [3.63, 3.8) is 0 Å². The summed E-state index contributed by atoms with van der Waals surface area (Å²) in [4.78, 5) is 0. The lowest BCUT2D eigenvalue weighted by atomic mass is 10.2. The molecule has 0 fully saturated rings. The lowest BCUT2D eigenvalue weighted by Gasteiger charge is -2.10. The highest BCUT2D eigenvalue weighted by Crippen LogP contribution is 2.33. The molecular formula is C16H14ClF3N2O. The highest BCUT2D eigenvalue weighted by molar-refractivity contribution is 6.33. The first-order valence-corrected chi connectivity index (χ1v) is 7.17. The van der Waals surface area contributed by atoms with Crippen molar-refractivity contribution in [1.29, 1.82) is 0 Å². The summed E-state index contributed by atoms with van der Waals surface area (Å²) in [7, 11) is 0. The maximum absolute atomic E-state index is 12.7. The number of halogens is 4. The van der Waals surface area contributed by atoms with Gasteiger partial charge in [-0.2, -0.15) is 18.3 Å². The van der Waals surface area contributed by atoms with Crippen LogP contribution in [0.2, 0.25) is 5.02 Å². The molecule has 0 saturated carbocycles. The zero-order valence-corrected chi connectivity index (χ0v) is 12.9. The topological polar surface area (TPSA) is 33.6 Å². The quantitative estimate of drug-likeness (QED) is 0.598. The minimum Gasteiger partial charge on any atom is -0.493 e. The molecule has 0 aliphatic rings. The van der Waals surface area contributed by atoms with E-state index in [1.54, 1.807) is 18.2 Å². The van der Waals surface area contributed by atoms with Crippen LogP contribution in [0.5, 0.6) is 5.75 Å². The Hall–Kier alpha value is -2.21. The summed E-state index contributed by atoms with van der Waals surface area (Å²) in [6.07, 6.45) is -2.98. The van der Waals surface area contributed by atoms with Gasteiger partial charge in [-0.05, 0) is 37.3 Å². The van der Waals surface area contributed by atoms with Crippen LogP contribution >= 0.6 is 11.6 Å². The van der Waals surface area contributed by atoms with Gasteiger partial charge in [-0.25, -0.2) is 0 Å². The molecule has 23 heavy (non-hydrogen) atoms. The van der Waals surface area contributed by atoms with E-state index in [4.69, 9.17) is 16.3 Å². The molecule has 0 aliphatic heterocycles. The second-order valence-electron chi connectivity index (χ2n) is 4.53. The largest absolute Gasteiger partial charge is 0.493 e. The Morgan fingerprint density at radius 2 is 1.96 bits per heavy atom. The number of rotatable bonds is 5. The zero-order valence-electron chi connectivity index (χ0n) is 12.2. The molecule has 0 aromatic heterocycles. The average Bonchev–Trinajstić information content (AvgIpc) is 2.50. The standard InChI is InChI=1S/C16H14ClF3N2O/c1-2-23-15-6-4-3-5-11(15)10-21-22-14-9-12(16(18,19)20)7-8-13(14)17/h3-10,22H,2H2,1H3/b21-10-. The maximum atomic E-state index is 12.7. The lowest BCUT2D eigenvalue weighted by Crippen LogP contribution is -2.05. The van der Waals surface area contributed by atoms with Gasteiger partial charge >= 0.3 is 6.18 Å². The highest BCUT2D eigenvalue weighted by Gasteiger charge is 2.30. The maximum Gasteiger partial charge on any atom is 0.416 e. The summed E-state index contributed by atoms with van der Waals surface area (Å²) in [5, 5.41) is 4.08. The first-order valence-electron chi connectivity index (χ1n) is 6.79. The molecule has 1 N–H and O–H groups in total. The Morgan fingerprint density at radius 1 is 1.22 bits per heavy atom. The summed E-state index contributed by atoms with van der Waals surface area (Å²) in [5.74, 6) is 0.635. The van der Waals surface area contributed by atoms with Crippen LogP contribution in [0.3, 0.4) is 0 Å². The molecule has 0 aliphatic carbocycles. The van der Waals surface area contributed by atoms with E-state index in [0.717, 1.165) is 12.1 Å². The van der Waals surface area contributed by atoms with E-state index in [2.05, 4.69) is 10.5 Å². The fourth-order valence-corrected chi connectivity index (χ4v) is 1.99. The van der Waals surface area contributed by atoms with Gasteiger partial charge in [0.2, 0.25) is 0 Å². The SMILES string of the molecule is CCOc1ccccc1/C=N\Nc1cc(C(F)(F)F)ccc1Cl. The van der Waals surface area contributed by atoms with Crippen molar-refractivity contribution in [3.05, 3.63) is 58.6 Å². The van der Waals surface area contributed by atoms with Crippen LogP contribution in [-0.2, 0) is 6.18 Å². The number of ether oxygens (including phenoxy) is 1. The van der Waals surface area contributed by atoms with Gasteiger partial charge in [0, 0.05) is 5.56 Å². The van der Waals surface area contributed by atoms with Crippen LogP contribution in [0.25, 0.3) is 0 Å². The van der Waals surface area contributed by atoms with Crippen LogP contribution in [0.15, 0.2) is 47.6 Å². The molecule has 2 rings (SSSR count). The van der Waals surface area contributed by atoms with Crippen molar-refractivity contribution in [2.24, 2.45) is 5.10 Å². The fraction of sp³-hybridized carbons (Fsp3) is 0.188. The zero-order chi connectivity index (χ0) is 16.9. The van der Waals surface area contributed by atoms with Crippen molar-refractivity contribution in [2.75, 3.05) is 12.0 Å². The van der Waals surface area contributed by atoms with Gasteiger partial charge in [0.25, 0.3) is 0 Å². The number of alkyl halides is 3. The third kappa shape index (κ3) is 4.63. The van der Waals surface area contributed by atoms with E-state index >= 15 is 0 Å². The monoisotopic (exact) mass is 342 g/mol. The second-order valence-corrected chi connectivity index (χ2v) is 4.94. The molecule has 0 amide bonds. The Bertz CT molecular complexity index is 702. The molecule has 3 nitrogen and oxygen atoms in total. The molecule has 0 unspecified atom stereocenters. The summed E-state index contributed by atoms with van der Waals surface area (Å²) >= 11 is 5.88. The first kappa shape index (κ1) is 17.1. The summed E-state index contributed by atoms with van der Waals surface area (Å²) in [6.45, 7) is 2.35. The molecule has 0 atom stereocenters. The van der Waals surface area contributed by atoms with E-state index < -0.39 is 11.7 Å². The molecule has 0 spiro atoms. The number of anilines is 1. The van der Waals surface area contributed by atoms with E-state index in [1.807, 2.05) is 13.0 Å². The van der Waals surface area contributed by atoms with Crippen molar-refractivity contribution in [3.8, 4) is 5.75 Å². The summed E-state index contributed by atoms with van der Waals surface area (Å²) in [5.41, 5.74) is 2.50.